The summed E-state index contributed by atoms with van der Waals surface area (Å²) in [4.78, 5) is 5.40. The molecule has 3 aliphatic carbocycles. The first-order chi connectivity index (χ1) is 27.9. The Hall–Kier alpha value is -5.02. The van der Waals surface area contributed by atoms with Crippen molar-refractivity contribution in [3.63, 3.8) is 0 Å². The van der Waals surface area contributed by atoms with Gasteiger partial charge in [0.1, 0.15) is 0 Å². The molecule has 0 atom stereocenters. The molecule has 0 amide bonds. The van der Waals surface area contributed by atoms with E-state index in [1.165, 1.54) is 126 Å². The van der Waals surface area contributed by atoms with Crippen molar-refractivity contribution in [2.24, 2.45) is 0 Å². The van der Waals surface area contributed by atoms with Crippen LogP contribution >= 0.6 is 0 Å². The molecule has 0 saturated carbocycles. The van der Waals surface area contributed by atoms with Gasteiger partial charge in [0, 0.05) is 39.4 Å². The SMILES string of the molecule is Cc1cc2c3c(c1)N(c1ccccc1)c1cc4c(cc1B3N(c1ccc3c(c1)C(C)(C)CCC3(C)C)c1cc3c(cc1-2)C(C)(C)CCC3(C)C)C(C)(C)c1ccccc1-4. The highest BCUT2D eigenvalue weighted by Crippen LogP contribution is 2.56. The minimum absolute atomic E-state index is 0.0246. The third kappa shape index (κ3) is 5.06. The number of benzene rings is 6. The zero-order valence-electron chi connectivity index (χ0n) is 37.2. The highest BCUT2D eigenvalue weighted by atomic mass is 15.2. The number of fused-ring (bicyclic) bond motifs is 9. The van der Waals surface area contributed by atoms with E-state index in [1.54, 1.807) is 0 Å². The van der Waals surface area contributed by atoms with Crippen LogP contribution in [0.5, 0.6) is 0 Å². The molecule has 0 spiro atoms. The van der Waals surface area contributed by atoms with E-state index in [0.717, 1.165) is 0 Å². The standard InChI is InChI=1S/C56H59BN2/c1-34-27-40-39-30-45-46(55(8,9)26-25-54(45,6)7)33-48(39)59(36-21-22-42-44(29-36)53(4,5)24-23-52(42,2)3)57-47-32-43-38(37-19-15-16-20-41(37)56(43,10)11)31-49(47)58(50(28-34)51(40)57)35-17-13-12-14-18-35/h12-22,27-33H,23-26H2,1-11H3. The molecule has 0 unspecified atom stereocenters. The summed E-state index contributed by atoms with van der Waals surface area (Å²) < 4.78 is 0. The first-order valence-electron chi connectivity index (χ1n) is 22.3. The molecule has 59 heavy (non-hydrogen) atoms. The lowest BCUT2D eigenvalue weighted by atomic mass is 9.42. The van der Waals surface area contributed by atoms with Gasteiger partial charge in [0.15, 0.2) is 0 Å². The Kier molecular flexibility index (Phi) is 7.43. The lowest BCUT2D eigenvalue weighted by Crippen LogP contribution is -2.62. The van der Waals surface area contributed by atoms with Crippen LogP contribution < -0.4 is 20.6 Å². The van der Waals surface area contributed by atoms with Crippen LogP contribution in [0.15, 0.2) is 109 Å². The molecule has 0 radical (unpaired) electrons. The Labute approximate surface area is 353 Å². The summed E-state index contributed by atoms with van der Waals surface area (Å²) in [6, 6.07) is 43.3. The largest absolute Gasteiger partial charge is 0.376 e. The molecule has 11 rings (SSSR count). The maximum absolute atomic E-state index is 2.80. The molecule has 0 fully saturated rings. The Bertz CT molecular complexity index is 2780. The van der Waals surface area contributed by atoms with E-state index in [0.29, 0.717) is 0 Å². The Morgan fingerprint density at radius 3 is 1.73 bits per heavy atom. The quantitative estimate of drug-likeness (QED) is 0.162. The van der Waals surface area contributed by atoms with E-state index in [9.17, 15) is 0 Å². The average Bonchev–Trinajstić information content (AvgIpc) is 3.42. The van der Waals surface area contributed by atoms with E-state index in [-0.39, 0.29) is 33.9 Å². The minimum Gasteiger partial charge on any atom is -0.376 e. The van der Waals surface area contributed by atoms with Gasteiger partial charge in [0.05, 0.1) is 0 Å². The number of anilines is 5. The van der Waals surface area contributed by atoms with Crippen LogP contribution in [0.1, 0.15) is 134 Å². The second kappa shape index (κ2) is 11.8. The summed E-state index contributed by atoms with van der Waals surface area (Å²) in [5.41, 5.74) is 25.2. The molecule has 2 heterocycles. The van der Waals surface area contributed by atoms with Crippen molar-refractivity contribution in [1.82, 2.24) is 0 Å². The second-order valence-corrected chi connectivity index (χ2v) is 22.0. The molecule has 5 aliphatic rings. The number of hydrogen-bond donors (Lipinski definition) is 0. The summed E-state index contributed by atoms with van der Waals surface area (Å²) >= 11 is 0. The van der Waals surface area contributed by atoms with Crippen LogP contribution in [0.3, 0.4) is 0 Å². The molecule has 2 nitrogen and oxygen atoms in total. The van der Waals surface area contributed by atoms with Crippen molar-refractivity contribution in [2.75, 3.05) is 9.71 Å². The Morgan fingerprint density at radius 1 is 0.424 bits per heavy atom. The van der Waals surface area contributed by atoms with Gasteiger partial charge in [-0.25, -0.2) is 0 Å². The normalized spacial score (nSPS) is 20.1. The summed E-state index contributed by atoms with van der Waals surface area (Å²) in [5.74, 6) is 0. The molecule has 0 bridgehead atoms. The second-order valence-electron chi connectivity index (χ2n) is 22.0. The first-order valence-corrected chi connectivity index (χ1v) is 22.3. The fraction of sp³-hybridized carbons (Fsp3) is 0.357. The minimum atomic E-state index is -0.123. The predicted octanol–water partition coefficient (Wildman–Crippen LogP) is 13.7. The summed E-state index contributed by atoms with van der Waals surface area (Å²) in [6.45, 7) is 26.9. The number of nitrogens with zero attached hydrogens (tertiary/aromatic N) is 2. The molecule has 0 saturated heterocycles. The molecule has 3 heteroatoms. The van der Waals surface area contributed by atoms with E-state index >= 15 is 0 Å². The summed E-state index contributed by atoms with van der Waals surface area (Å²) in [7, 11) is 0. The Balaban J connectivity index is 1.28. The van der Waals surface area contributed by atoms with Crippen molar-refractivity contribution < 1.29 is 0 Å². The van der Waals surface area contributed by atoms with Crippen molar-refractivity contribution in [1.29, 1.82) is 0 Å². The monoisotopic (exact) mass is 770 g/mol. The number of hydrogen-bond acceptors (Lipinski definition) is 2. The van der Waals surface area contributed by atoms with Crippen molar-refractivity contribution in [2.45, 2.75) is 129 Å². The van der Waals surface area contributed by atoms with E-state index < -0.39 is 0 Å². The fourth-order valence-electron chi connectivity index (χ4n) is 12.2. The predicted molar refractivity (Wildman–Crippen MR) is 253 cm³/mol. The fourth-order valence-corrected chi connectivity index (χ4v) is 12.2. The lowest BCUT2D eigenvalue weighted by molar-refractivity contribution is 0.332. The number of rotatable bonds is 2. The maximum Gasteiger partial charge on any atom is 0.333 e. The van der Waals surface area contributed by atoms with Crippen molar-refractivity contribution >= 4 is 46.2 Å². The lowest BCUT2D eigenvalue weighted by Gasteiger charge is -2.49. The molecule has 6 aromatic rings. The van der Waals surface area contributed by atoms with Gasteiger partial charge in [0.2, 0.25) is 0 Å². The smallest absolute Gasteiger partial charge is 0.333 e. The van der Waals surface area contributed by atoms with Crippen LogP contribution in [0.4, 0.5) is 28.4 Å². The van der Waals surface area contributed by atoms with Crippen LogP contribution in [0.25, 0.3) is 22.3 Å². The number of para-hydroxylation sites is 1. The first kappa shape index (κ1) is 37.0. The Morgan fingerprint density at radius 2 is 1.03 bits per heavy atom. The molecule has 6 aromatic carbocycles. The van der Waals surface area contributed by atoms with E-state index in [1.807, 2.05) is 0 Å². The van der Waals surface area contributed by atoms with Crippen molar-refractivity contribution in [3.8, 4) is 22.3 Å². The maximum atomic E-state index is 2.80. The van der Waals surface area contributed by atoms with Crippen LogP contribution in [-0.4, -0.2) is 6.85 Å². The summed E-state index contributed by atoms with van der Waals surface area (Å²) in [5, 5.41) is 0. The molecule has 0 N–H and O–H groups in total. The van der Waals surface area contributed by atoms with E-state index in [2.05, 4.69) is 195 Å². The zero-order valence-corrected chi connectivity index (χ0v) is 37.2. The van der Waals surface area contributed by atoms with Gasteiger partial charge in [-0.15, -0.1) is 0 Å². The van der Waals surface area contributed by atoms with Gasteiger partial charge in [-0.2, -0.15) is 0 Å². The van der Waals surface area contributed by atoms with E-state index in [4.69, 9.17) is 0 Å². The van der Waals surface area contributed by atoms with Gasteiger partial charge >= 0.3 is 6.85 Å². The highest BCUT2D eigenvalue weighted by Gasteiger charge is 2.49. The van der Waals surface area contributed by atoms with Gasteiger partial charge in [-0.05, 0) is 169 Å². The molecular formula is C56H59BN2. The number of aryl methyl sites for hydroxylation is 1. The average molecular weight is 771 g/mol. The molecular weight excluding hydrogens is 711 g/mol. The molecule has 2 aliphatic heterocycles. The van der Waals surface area contributed by atoms with Gasteiger partial charge in [0.25, 0.3) is 0 Å². The highest BCUT2D eigenvalue weighted by molar-refractivity contribution is 6.93. The third-order valence-corrected chi connectivity index (χ3v) is 16.0. The van der Waals surface area contributed by atoms with Crippen LogP contribution in [0.2, 0.25) is 0 Å². The van der Waals surface area contributed by atoms with Gasteiger partial charge in [-0.3, -0.25) is 0 Å². The molecule has 0 aromatic heterocycles. The van der Waals surface area contributed by atoms with Gasteiger partial charge < -0.3 is 9.71 Å². The van der Waals surface area contributed by atoms with Crippen LogP contribution in [0, 0.1) is 6.92 Å². The van der Waals surface area contributed by atoms with Crippen LogP contribution in [-0.2, 0) is 27.1 Å². The third-order valence-electron chi connectivity index (χ3n) is 16.0. The van der Waals surface area contributed by atoms with Crippen molar-refractivity contribution in [3.05, 3.63) is 148 Å². The zero-order chi connectivity index (χ0) is 41.2. The molecule has 296 valence electrons. The summed E-state index contributed by atoms with van der Waals surface area (Å²) in [6.07, 6.45) is 4.78. The topological polar surface area (TPSA) is 6.48 Å². The van der Waals surface area contributed by atoms with Gasteiger partial charge in [-0.1, -0.05) is 130 Å².